The van der Waals surface area contributed by atoms with Gasteiger partial charge in [0.15, 0.2) is 0 Å². The molecule has 1 amide bonds. The number of nitrogens with zero attached hydrogens (tertiary/aromatic N) is 2. The van der Waals surface area contributed by atoms with Crippen LogP contribution in [0.4, 0.5) is 5.69 Å². The van der Waals surface area contributed by atoms with E-state index in [0.717, 1.165) is 27.9 Å². The smallest absolute Gasteiger partial charge is 0.282 e. The van der Waals surface area contributed by atoms with Crippen LogP contribution < -0.4 is 14.4 Å². The molecule has 5 nitrogen and oxygen atoms in total. The van der Waals surface area contributed by atoms with Crippen molar-refractivity contribution in [3.05, 3.63) is 94.7 Å². The lowest BCUT2D eigenvalue weighted by atomic mass is 10.1. The number of rotatable bonds is 5. The van der Waals surface area contributed by atoms with Gasteiger partial charge in [-0.3, -0.25) is 9.69 Å². The molecule has 1 aliphatic rings. The van der Waals surface area contributed by atoms with Gasteiger partial charge < -0.3 is 9.47 Å². The third-order valence-electron chi connectivity index (χ3n) is 5.21. The predicted molar refractivity (Wildman–Crippen MR) is 124 cm³/mol. The number of methoxy groups -OCH3 is 2. The largest absolute Gasteiger partial charge is 0.497 e. The van der Waals surface area contributed by atoms with Gasteiger partial charge in [-0.05, 0) is 49.8 Å². The number of amidine groups is 1. The molecular weight excluding hydrogens is 388 g/mol. The molecule has 3 aromatic rings. The quantitative estimate of drug-likeness (QED) is 0.544. The van der Waals surface area contributed by atoms with Crippen LogP contribution in [0.15, 0.2) is 77.4 Å². The number of ether oxygens (including phenoxy) is 2. The van der Waals surface area contributed by atoms with Gasteiger partial charge in [0.2, 0.25) is 0 Å². The van der Waals surface area contributed by atoms with Crippen molar-refractivity contribution in [3.8, 4) is 11.5 Å². The molecule has 0 saturated carbocycles. The Kier molecular flexibility index (Phi) is 5.58. The maximum atomic E-state index is 13.6. The number of carbonyl (C=O) groups excluding carboxylic acids is 1. The fourth-order valence-electron chi connectivity index (χ4n) is 3.69. The summed E-state index contributed by atoms with van der Waals surface area (Å²) in [6, 6.07) is 21.2. The first-order chi connectivity index (χ1) is 15.0. The summed E-state index contributed by atoms with van der Waals surface area (Å²) in [5.41, 5.74) is 4.89. The SMILES string of the molecule is COc1cccc(C2=NC(=Cc3ccccc3OC)C(=O)N2c2ccc(C)cc2C)c1. The van der Waals surface area contributed by atoms with Gasteiger partial charge >= 0.3 is 0 Å². The van der Waals surface area contributed by atoms with Gasteiger partial charge in [-0.25, -0.2) is 4.99 Å². The molecule has 0 atom stereocenters. The Labute approximate surface area is 182 Å². The van der Waals surface area contributed by atoms with Crippen LogP contribution in [-0.2, 0) is 4.79 Å². The van der Waals surface area contributed by atoms with Crippen molar-refractivity contribution in [2.24, 2.45) is 4.99 Å². The summed E-state index contributed by atoms with van der Waals surface area (Å²) >= 11 is 0. The standard InChI is InChI=1S/C26H24N2O3/c1-17-12-13-23(18(2)14-17)28-25(20-9-7-10-21(15-20)30-3)27-22(26(28)29)16-19-8-5-6-11-24(19)31-4/h5-16H,1-4H3. The monoisotopic (exact) mass is 412 g/mol. The van der Waals surface area contributed by atoms with Crippen molar-refractivity contribution >= 4 is 23.5 Å². The Hall–Kier alpha value is -3.86. The maximum absolute atomic E-state index is 13.6. The number of amides is 1. The van der Waals surface area contributed by atoms with Gasteiger partial charge in [0, 0.05) is 11.1 Å². The van der Waals surface area contributed by atoms with Crippen LogP contribution in [0.25, 0.3) is 6.08 Å². The van der Waals surface area contributed by atoms with E-state index < -0.39 is 0 Å². The summed E-state index contributed by atoms with van der Waals surface area (Å²) < 4.78 is 10.8. The average molecular weight is 412 g/mol. The highest BCUT2D eigenvalue weighted by molar-refractivity contribution is 6.33. The van der Waals surface area contributed by atoms with Crippen LogP contribution in [0.3, 0.4) is 0 Å². The minimum Gasteiger partial charge on any atom is -0.497 e. The van der Waals surface area contributed by atoms with Gasteiger partial charge in [-0.15, -0.1) is 0 Å². The molecule has 0 radical (unpaired) electrons. The third-order valence-corrected chi connectivity index (χ3v) is 5.21. The summed E-state index contributed by atoms with van der Waals surface area (Å²) in [5.74, 6) is 1.77. The summed E-state index contributed by atoms with van der Waals surface area (Å²) in [4.78, 5) is 20.0. The number of aryl methyl sites for hydroxylation is 2. The first kappa shape index (κ1) is 20.4. The molecule has 3 aromatic carbocycles. The van der Waals surface area contributed by atoms with E-state index in [9.17, 15) is 4.79 Å². The minimum absolute atomic E-state index is 0.185. The highest BCUT2D eigenvalue weighted by Gasteiger charge is 2.33. The Bertz CT molecular complexity index is 1210. The molecule has 0 unspecified atom stereocenters. The van der Waals surface area contributed by atoms with Gasteiger partial charge in [-0.2, -0.15) is 0 Å². The van der Waals surface area contributed by atoms with E-state index in [1.54, 1.807) is 25.2 Å². The van der Waals surface area contributed by atoms with Crippen molar-refractivity contribution in [2.75, 3.05) is 19.1 Å². The number of aliphatic imine (C=N–C) groups is 1. The molecule has 5 heteroatoms. The zero-order valence-corrected chi connectivity index (χ0v) is 18.0. The molecule has 4 rings (SSSR count). The molecule has 0 bridgehead atoms. The van der Waals surface area contributed by atoms with Crippen molar-refractivity contribution in [1.82, 2.24) is 0 Å². The van der Waals surface area contributed by atoms with Crippen LogP contribution >= 0.6 is 0 Å². The number of anilines is 1. The van der Waals surface area contributed by atoms with E-state index >= 15 is 0 Å². The summed E-state index contributed by atoms with van der Waals surface area (Å²) in [5, 5.41) is 0. The van der Waals surface area contributed by atoms with Gasteiger partial charge in [0.05, 0.1) is 19.9 Å². The normalized spacial score (nSPS) is 14.7. The topological polar surface area (TPSA) is 51.1 Å². The molecule has 1 heterocycles. The Morgan fingerprint density at radius 1 is 0.903 bits per heavy atom. The van der Waals surface area contributed by atoms with Gasteiger partial charge in [0.25, 0.3) is 5.91 Å². The van der Waals surface area contributed by atoms with Crippen molar-refractivity contribution in [3.63, 3.8) is 0 Å². The maximum Gasteiger partial charge on any atom is 0.282 e. The number of hydrogen-bond acceptors (Lipinski definition) is 4. The highest BCUT2D eigenvalue weighted by Crippen LogP contribution is 2.32. The molecule has 31 heavy (non-hydrogen) atoms. The van der Waals surface area contributed by atoms with Crippen molar-refractivity contribution < 1.29 is 14.3 Å². The van der Waals surface area contributed by atoms with Crippen LogP contribution in [0.5, 0.6) is 11.5 Å². The lowest BCUT2D eigenvalue weighted by Crippen LogP contribution is -2.33. The molecular formula is C26H24N2O3. The predicted octanol–water partition coefficient (Wildman–Crippen LogP) is 5.16. The Morgan fingerprint density at radius 3 is 2.45 bits per heavy atom. The van der Waals surface area contributed by atoms with E-state index in [-0.39, 0.29) is 5.91 Å². The number of carbonyl (C=O) groups is 1. The van der Waals surface area contributed by atoms with Gasteiger partial charge in [-0.1, -0.05) is 48.0 Å². The molecule has 0 aromatic heterocycles. The molecule has 0 N–H and O–H groups in total. The lowest BCUT2D eigenvalue weighted by Gasteiger charge is -2.21. The summed E-state index contributed by atoms with van der Waals surface area (Å²) in [6.45, 7) is 4.04. The molecule has 0 aliphatic carbocycles. The molecule has 0 fully saturated rings. The van der Waals surface area contributed by atoms with Crippen molar-refractivity contribution in [2.45, 2.75) is 13.8 Å². The second kappa shape index (κ2) is 8.48. The first-order valence-corrected chi connectivity index (χ1v) is 10.0. The van der Waals surface area contributed by atoms with Crippen LogP contribution in [0.2, 0.25) is 0 Å². The molecule has 1 aliphatic heterocycles. The number of hydrogen-bond donors (Lipinski definition) is 0. The fourth-order valence-corrected chi connectivity index (χ4v) is 3.69. The van der Waals surface area contributed by atoms with Crippen LogP contribution in [0, 0.1) is 13.8 Å². The fraction of sp³-hybridized carbons (Fsp3) is 0.154. The lowest BCUT2D eigenvalue weighted by molar-refractivity contribution is -0.113. The minimum atomic E-state index is -0.185. The van der Waals surface area contributed by atoms with Crippen LogP contribution in [0.1, 0.15) is 22.3 Å². The zero-order valence-electron chi connectivity index (χ0n) is 18.0. The summed E-state index contributed by atoms with van der Waals surface area (Å²) in [6.07, 6.45) is 1.77. The Morgan fingerprint density at radius 2 is 1.71 bits per heavy atom. The van der Waals surface area contributed by atoms with E-state index in [1.807, 2.05) is 74.5 Å². The highest BCUT2D eigenvalue weighted by atomic mass is 16.5. The zero-order chi connectivity index (χ0) is 22.0. The molecule has 0 spiro atoms. The van der Waals surface area contributed by atoms with E-state index in [1.165, 1.54) is 0 Å². The second-order valence-electron chi connectivity index (χ2n) is 7.37. The van der Waals surface area contributed by atoms with Crippen LogP contribution in [-0.4, -0.2) is 26.0 Å². The Balaban J connectivity index is 1.88. The second-order valence-corrected chi connectivity index (χ2v) is 7.37. The van der Waals surface area contributed by atoms with E-state index in [4.69, 9.17) is 14.5 Å². The summed E-state index contributed by atoms with van der Waals surface area (Å²) in [7, 11) is 3.23. The molecule has 156 valence electrons. The van der Waals surface area contributed by atoms with E-state index in [0.29, 0.717) is 23.0 Å². The number of para-hydroxylation sites is 1. The van der Waals surface area contributed by atoms with Gasteiger partial charge in [0.1, 0.15) is 23.0 Å². The average Bonchev–Trinajstić information content (AvgIpc) is 3.10. The third kappa shape index (κ3) is 3.94. The van der Waals surface area contributed by atoms with E-state index in [2.05, 4.69) is 6.07 Å². The van der Waals surface area contributed by atoms with Crippen molar-refractivity contribution in [1.29, 1.82) is 0 Å². The first-order valence-electron chi connectivity index (χ1n) is 10.0. The number of benzene rings is 3. The molecule has 0 saturated heterocycles.